The highest BCUT2D eigenvalue weighted by atomic mass is 16.5. The van der Waals surface area contributed by atoms with Crippen LogP contribution in [-0.2, 0) is 4.79 Å². The Balaban J connectivity index is 1.78. The van der Waals surface area contributed by atoms with Crippen LogP contribution in [0.1, 0.15) is 37.8 Å². The number of anilines is 1. The van der Waals surface area contributed by atoms with Gasteiger partial charge in [0.25, 0.3) is 5.91 Å². The standard InChI is InChI=1S/C22H23NO4/c1-13(2)18-7-5-6-14(3)21(18)23-22(25)15(4)26-17-10-8-16-9-11-20(24)27-19(16)12-17/h5-13,15H,1-4H3,(H,23,25)/t15-/m0/s1. The molecule has 0 aliphatic carbocycles. The van der Waals surface area contributed by atoms with E-state index in [0.717, 1.165) is 22.2 Å². The topological polar surface area (TPSA) is 68.5 Å². The molecule has 2 aromatic carbocycles. The Kier molecular flexibility index (Phi) is 5.31. The Morgan fingerprint density at radius 1 is 1.07 bits per heavy atom. The number of hydrogen-bond donors (Lipinski definition) is 1. The van der Waals surface area contributed by atoms with Crippen molar-refractivity contribution in [1.82, 2.24) is 0 Å². The van der Waals surface area contributed by atoms with E-state index in [1.54, 1.807) is 31.2 Å². The highest BCUT2D eigenvalue weighted by Gasteiger charge is 2.18. The summed E-state index contributed by atoms with van der Waals surface area (Å²) in [6.45, 7) is 7.84. The normalized spacial score (nSPS) is 12.2. The van der Waals surface area contributed by atoms with Gasteiger partial charge in [0.1, 0.15) is 11.3 Å². The van der Waals surface area contributed by atoms with Crippen LogP contribution in [0.25, 0.3) is 11.0 Å². The summed E-state index contributed by atoms with van der Waals surface area (Å²) in [5.41, 5.74) is 2.93. The molecular formula is C22H23NO4. The fraction of sp³-hybridized carbons (Fsp3) is 0.273. The Labute approximate surface area is 158 Å². The Bertz CT molecular complexity index is 1040. The number of rotatable bonds is 5. The lowest BCUT2D eigenvalue weighted by molar-refractivity contribution is -0.122. The first-order chi connectivity index (χ1) is 12.8. The predicted octanol–water partition coefficient (Wildman–Crippen LogP) is 4.63. The number of amides is 1. The Morgan fingerprint density at radius 2 is 1.81 bits per heavy atom. The molecule has 3 aromatic rings. The molecule has 0 bridgehead atoms. The van der Waals surface area contributed by atoms with Gasteiger partial charge in [-0.3, -0.25) is 4.79 Å². The molecule has 0 unspecified atom stereocenters. The summed E-state index contributed by atoms with van der Waals surface area (Å²) in [6.07, 6.45) is -0.711. The molecule has 27 heavy (non-hydrogen) atoms. The second-order valence-electron chi connectivity index (χ2n) is 6.90. The van der Waals surface area contributed by atoms with Crippen LogP contribution in [0.5, 0.6) is 5.75 Å². The first-order valence-corrected chi connectivity index (χ1v) is 8.96. The number of para-hydroxylation sites is 1. The monoisotopic (exact) mass is 365 g/mol. The molecule has 1 aromatic heterocycles. The lowest BCUT2D eigenvalue weighted by Gasteiger charge is -2.19. The highest BCUT2D eigenvalue weighted by molar-refractivity contribution is 5.95. The number of carbonyl (C=O) groups excluding carboxylic acids is 1. The predicted molar refractivity (Wildman–Crippen MR) is 106 cm³/mol. The number of carbonyl (C=O) groups is 1. The number of nitrogens with one attached hydrogen (secondary N) is 1. The number of hydrogen-bond acceptors (Lipinski definition) is 4. The lowest BCUT2D eigenvalue weighted by atomic mass is 9.98. The molecule has 3 rings (SSSR count). The van der Waals surface area contributed by atoms with E-state index < -0.39 is 11.7 Å². The summed E-state index contributed by atoms with van der Waals surface area (Å²) in [7, 11) is 0. The van der Waals surface area contributed by atoms with Gasteiger partial charge in [-0.05, 0) is 49.1 Å². The second kappa shape index (κ2) is 7.66. The first-order valence-electron chi connectivity index (χ1n) is 8.96. The van der Waals surface area contributed by atoms with Crippen molar-refractivity contribution in [3.05, 3.63) is 70.1 Å². The van der Waals surface area contributed by atoms with Crippen molar-refractivity contribution >= 4 is 22.6 Å². The molecule has 5 heteroatoms. The fourth-order valence-electron chi connectivity index (χ4n) is 2.94. The molecule has 1 atom stereocenters. The molecule has 5 nitrogen and oxygen atoms in total. The van der Waals surface area contributed by atoms with E-state index >= 15 is 0 Å². The van der Waals surface area contributed by atoms with Crippen LogP contribution in [0.4, 0.5) is 5.69 Å². The quantitative estimate of drug-likeness (QED) is 0.669. The summed E-state index contributed by atoms with van der Waals surface area (Å²) >= 11 is 0. The minimum absolute atomic E-state index is 0.235. The van der Waals surface area contributed by atoms with Gasteiger partial charge in [-0.15, -0.1) is 0 Å². The van der Waals surface area contributed by atoms with Crippen molar-refractivity contribution in [3.63, 3.8) is 0 Å². The van der Waals surface area contributed by atoms with Crippen molar-refractivity contribution in [2.45, 2.75) is 39.7 Å². The van der Waals surface area contributed by atoms with E-state index in [1.165, 1.54) is 6.07 Å². The van der Waals surface area contributed by atoms with Crippen molar-refractivity contribution in [3.8, 4) is 5.75 Å². The van der Waals surface area contributed by atoms with E-state index in [0.29, 0.717) is 17.3 Å². The van der Waals surface area contributed by atoms with E-state index in [4.69, 9.17) is 9.15 Å². The minimum atomic E-state index is -0.711. The Morgan fingerprint density at radius 3 is 2.56 bits per heavy atom. The number of benzene rings is 2. The second-order valence-corrected chi connectivity index (χ2v) is 6.90. The van der Waals surface area contributed by atoms with E-state index in [-0.39, 0.29) is 5.91 Å². The van der Waals surface area contributed by atoms with Gasteiger partial charge in [0.2, 0.25) is 0 Å². The van der Waals surface area contributed by atoms with Gasteiger partial charge in [0, 0.05) is 23.2 Å². The van der Waals surface area contributed by atoms with Crippen LogP contribution in [-0.4, -0.2) is 12.0 Å². The van der Waals surface area contributed by atoms with Crippen LogP contribution >= 0.6 is 0 Å². The average molecular weight is 365 g/mol. The average Bonchev–Trinajstić information content (AvgIpc) is 2.62. The molecular weight excluding hydrogens is 342 g/mol. The third-order valence-corrected chi connectivity index (χ3v) is 4.45. The molecule has 0 fully saturated rings. The summed E-state index contributed by atoms with van der Waals surface area (Å²) in [5, 5.41) is 3.78. The van der Waals surface area contributed by atoms with Crippen molar-refractivity contribution in [2.75, 3.05) is 5.32 Å². The molecule has 0 saturated heterocycles. The van der Waals surface area contributed by atoms with Gasteiger partial charge in [0.05, 0.1) is 0 Å². The maximum Gasteiger partial charge on any atom is 0.336 e. The molecule has 1 heterocycles. The fourth-order valence-corrected chi connectivity index (χ4v) is 2.94. The molecule has 0 aliphatic rings. The maximum absolute atomic E-state index is 12.7. The maximum atomic E-state index is 12.7. The van der Waals surface area contributed by atoms with Crippen LogP contribution in [0, 0.1) is 6.92 Å². The van der Waals surface area contributed by atoms with E-state index in [9.17, 15) is 9.59 Å². The zero-order chi connectivity index (χ0) is 19.6. The van der Waals surface area contributed by atoms with E-state index in [1.807, 2.05) is 25.1 Å². The minimum Gasteiger partial charge on any atom is -0.481 e. The molecule has 1 N–H and O–H groups in total. The molecule has 0 aliphatic heterocycles. The number of ether oxygens (including phenoxy) is 1. The van der Waals surface area contributed by atoms with Gasteiger partial charge in [-0.25, -0.2) is 4.79 Å². The van der Waals surface area contributed by atoms with Crippen LogP contribution < -0.4 is 15.7 Å². The Hall–Kier alpha value is -3.08. The van der Waals surface area contributed by atoms with Gasteiger partial charge in [-0.2, -0.15) is 0 Å². The lowest BCUT2D eigenvalue weighted by Crippen LogP contribution is -2.30. The SMILES string of the molecule is Cc1cccc(C(C)C)c1NC(=O)[C@H](C)Oc1ccc2ccc(=O)oc2c1. The molecule has 1 amide bonds. The highest BCUT2D eigenvalue weighted by Crippen LogP contribution is 2.28. The van der Waals surface area contributed by atoms with E-state index in [2.05, 4.69) is 19.2 Å². The summed E-state index contributed by atoms with van der Waals surface area (Å²) in [5.74, 6) is 0.522. The van der Waals surface area contributed by atoms with Crippen LogP contribution in [0.3, 0.4) is 0 Å². The van der Waals surface area contributed by atoms with Crippen molar-refractivity contribution in [2.24, 2.45) is 0 Å². The van der Waals surface area contributed by atoms with Gasteiger partial charge in [0.15, 0.2) is 6.10 Å². The zero-order valence-corrected chi connectivity index (χ0v) is 15.9. The smallest absolute Gasteiger partial charge is 0.336 e. The van der Waals surface area contributed by atoms with Gasteiger partial charge in [-0.1, -0.05) is 32.0 Å². The van der Waals surface area contributed by atoms with Crippen LogP contribution in [0.15, 0.2) is 57.7 Å². The molecule has 0 radical (unpaired) electrons. The molecule has 0 saturated carbocycles. The van der Waals surface area contributed by atoms with Gasteiger partial charge >= 0.3 is 5.63 Å². The van der Waals surface area contributed by atoms with Crippen molar-refractivity contribution < 1.29 is 13.9 Å². The third-order valence-electron chi connectivity index (χ3n) is 4.45. The largest absolute Gasteiger partial charge is 0.481 e. The summed E-state index contributed by atoms with van der Waals surface area (Å²) in [6, 6.07) is 14.2. The van der Waals surface area contributed by atoms with Gasteiger partial charge < -0.3 is 14.5 Å². The first kappa shape index (κ1) is 18.7. The summed E-state index contributed by atoms with van der Waals surface area (Å²) < 4.78 is 10.9. The van der Waals surface area contributed by atoms with Crippen molar-refractivity contribution in [1.29, 1.82) is 0 Å². The molecule has 0 spiro atoms. The zero-order valence-electron chi connectivity index (χ0n) is 15.9. The summed E-state index contributed by atoms with van der Waals surface area (Å²) in [4.78, 5) is 24.0. The molecule has 140 valence electrons. The third kappa shape index (κ3) is 4.19. The number of fused-ring (bicyclic) bond motifs is 1. The van der Waals surface area contributed by atoms with Crippen LogP contribution in [0.2, 0.25) is 0 Å². The number of aryl methyl sites for hydroxylation is 1.